The lowest BCUT2D eigenvalue weighted by molar-refractivity contribution is -0.122. The van der Waals surface area contributed by atoms with Crippen molar-refractivity contribution in [2.75, 3.05) is 4.90 Å². The van der Waals surface area contributed by atoms with E-state index in [2.05, 4.69) is 5.32 Å². The molecule has 0 aliphatic carbocycles. The van der Waals surface area contributed by atoms with E-state index < -0.39 is 17.7 Å². The van der Waals surface area contributed by atoms with Crippen LogP contribution in [-0.4, -0.2) is 27.4 Å². The molecule has 0 atom stereocenters. The molecule has 9 heteroatoms. The Kier molecular flexibility index (Phi) is 5.11. The third-order valence-corrected chi connectivity index (χ3v) is 5.13. The van der Waals surface area contributed by atoms with Gasteiger partial charge in [0.2, 0.25) is 5.91 Å². The SMILES string of the molecule is NC(=O)Cn1cc(/C=C2\C(=O)NC(=S)N(c3cccc(Cl)c3)C2=O)c2ccccc21. The number of primary amides is 1. The number of amides is 3. The summed E-state index contributed by atoms with van der Waals surface area (Å²) in [5.74, 6) is -1.67. The van der Waals surface area contributed by atoms with Crippen LogP contribution in [0.1, 0.15) is 5.56 Å². The Morgan fingerprint density at radius 1 is 1.17 bits per heavy atom. The molecule has 4 rings (SSSR count). The topological polar surface area (TPSA) is 97.4 Å². The Balaban J connectivity index is 1.81. The number of nitrogens with two attached hydrogens (primary N) is 1. The highest BCUT2D eigenvalue weighted by Crippen LogP contribution is 2.27. The summed E-state index contributed by atoms with van der Waals surface area (Å²) in [6.45, 7) is -0.0252. The van der Waals surface area contributed by atoms with Crippen LogP contribution in [0.2, 0.25) is 5.02 Å². The van der Waals surface area contributed by atoms with Crippen molar-refractivity contribution in [1.29, 1.82) is 0 Å². The predicted molar refractivity (Wildman–Crippen MR) is 119 cm³/mol. The molecular weight excluding hydrogens is 424 g/mol. The van der Waals surface area contributed by atoms with Crippen molar-refractivity contribution in [3.05, 3.63) is 70.9 Å². The van der Waals surface area contributed by atoms with Crippen LogP contribution in [0, 0.1) is 0 Å². The molecule has 1 fully saturated rings. The van der Waals surface area contributed by atoms with Crippen molar-refractivity contribution in [2.24, 2.45) is 5.73 Å². The molecule has 1 aromatic heterocycles. The van der Waals surface area contributed by atoms with E-state index in [0.717, 1.165) is 10.9 Å². The predicted octanol–water partition coefficient (Wildman–Crippen LogP) is 2.61. The van der Waals surface area contributed by atoms with Gasteiger partial charge in [0, 0.05) is 27.7 Å². The summed E-state index contributed by atoms with van der Waals surface area (Å²) < 4.78 is 1.68. The third-order valence-electron chi connectivity index (χ3n) is 4.61. The van der Waals surface area contributed by atoms with E-state index in [4.69, 9.17) is 29.6 Å². The molecule has 1 saturated heterocycles. The van der Waals surface area contributed by atoms with Crippen molar-refractivity contribution in [3.8, 4) is 0 Å². The second kappa shape index (κ2) is 7.74. The van der Waals surface area contributed by atoms with Gasteiger partial charge in [-0.2, -0.15) is 0 Å². The summed E-state index contributed by atoms with van der Waals surface area (Å²) in [7, 11) is 0. The molecule has 1 aliphatic heterocycles. The number of nitrogens with zero attached hydrogens (tertiary/aromatic N) is 2. The molecule has 1 aliphatic rings. The van der Waals surface area contributed by atoms with Crippen LogP contribution >= 0.6 is 23.8 Å². The van der Waals surface area contributed by atoms with Crippen LogP contribution in [0.25, 0.3) is 17.0 Å². The Morgan fingerprint density at radius 2 is 1.93 bits per heavy atom. The van der Waals surface area contributed by atoms with E-state index in [1.54, 1.807) is 35.0 Å². The van der Waals surface area contributed by atoms with Gasteiger partial charge in [0.1, 0.15) is 12.1 Å². The lowest BCUT2D eigenvalue weighted by Gasteiger charge is -2.29. The van der Waals surface area contributed by atoms with Gasteiger partial charge in [-0.05, 0) is 42.6 Å². The molecule has 0 bridgehead atoms. The fourth-order valence-corrected chi connectivity index (χ4v) is 3.82. The Morgan fingerprint density at radius 3 is 2.67 bits per heavy atom. The van der Waals surface area contributed by atoms with E-state index in [1.807, 2.05) is 24.3 Å². The average molecular weight is 439 g/mol. The molecule has 3 N–H and O–H groups in total. The standard InChI is InChI=1S/C21H15ClN4O3S/c22-13-4-3-5-14(9-13)26-20(29)16(19(28)24-21(26)30)8-12-10-25(11-18(23)27)17-7-2-1-6-15(12)17/h1-10H,11H2,(H2,23,27)(H,24,28,30)/b16-8+. The zero-order valence-electron chi connectivity index (χ0n) is 15.5. The molecule has 3 aromatic rings. The van der Waals surface area contributed by atoms with Gasteiger partial charge < -0.3 is 10.3 Å². The first-order chi connectivity index (χ1) is 14.3. The molecular formula is C21H15ClN4O3S. The number of carbonyl (C=O) groups excluding carboxylic acids is 3. The van der Waals surface area contributed by atoms with Crippen LogP contribution in [0.15, 0.2) is 60.3 Å². The fourth-order valence-electron chi connectivity index (χ4n) is 3.35. The van der Waals surface area contributed by atoms with Crippen LogP contribution in [0.3, 0.4) is 0 Å². The number of aromatic nitrogens is 1. The molecule has 30 heavy (non-hydrogen) atoms. The lowest BCUT2D eigenvalue weighted by atomic mass is 10.1. The van der Waals surface area contributed by atoms with E-state index in [0.29, 0.717) is 16.3 Å². The number of nitrogens with one attached hydrogen (secondary N) is 1. The Labute approximate surface area is 181 Å². The maximum absolute atomic E-state index is 13.2. The normalized spacial score (nSPS) is 15.7. The molecule has 0 saturated carbocycles. The van der Waals surface area contributed by atoms with E-state index >= 15 is 0 Å². The highest BCUT2D eigenvalue weighted by Gasteiger charge is 2.34. The van der Waals surface area contributed by atoms with Gasteiger partial charge in [0.15, 0.2) is 5.11 Å². The van der Waals surface area contributed by atoms with Crippen molar-refractivity contribution >= 4 is 69.3 Å². The average Bonchev–Trinajstić information content (AvgIpc) is 3.02. The number of benzene rings is 2. The smallest absolute Gasteiger partial charge is 0.270 e. The lowest BCUT2D eigenvalue weighted by Crippen LogP contribution is -2.54. The summed E-state index contributed by atoms with van der Waals surface area (Å²) in [6, 6.07) is 13.9. The summed E-state index contributed by atoms with van der Waals surface area (Å²) in [6.07, 6.45) is 3.16. The zero-order valence-corrected chi connectivity index (χ0v) is 17.0. The maximum Gasteiger partial charge on any atom is 0.270 e. The number of rotatable bonds is 4. The van der Waals surface area contributed by atoms with Gasteiger partial charge in [-0.1, -0.05) is 35.9 Å². The van der Waals surface area contributed by atoms with Gasteiger partial charge in [-0.15, -0.1) is 0 Å². The first kappa shape index (κ1) is 19.8. The van der Waals surface area contributed by atoms with Crippen LogP contribution in [-0.2, 0) is 20.9 Å². The zero-order chi connectivity index (χ0) is 21.4. The number of anilines is 1. The Bertz CT molecular complexity index is 1260. The number of hydrogen-bond donors (Lipinski definition) is 2. The molecule has 2 heterocycles. The monoisotopic (exact) mass is 438 g/mol. The molecule has 2 aromatic carbocycles. The minimum Gasteiger partial charge on any atom is -0.368 e. The van der Waals surface area contributed by atoms with Gasteiger partial charge in [0.25, 0.3) is 11.8 Å². The number of halogens is 1. The quantitative estimate of drug-likeness (QED) is 0.371. The summed E-state index contributed by atoms with van der Waals surface area (Å²) in [4.78, 5) is 38.4. The molecule has 3 amide bonds. The fraction of sp³-hybridized carbons (Fsp3) is 0.0476. The second-order valence-corrected chi connectivity index (χ2v) is 7.46. The largest absolute Gasteiger partial charge is 0.368 e. The molecule has 0 radical (unpaired) electrons. The number of thiocarbonyl (C=S) groups is 1. The Hall–Kier alpha value is -3.49. The molecule has 7 nitrogen and oxygen atoms in total. The van der Waals surface area contributed by atoms with E-state index in [1.165, 1.54) is 11.0 Å². The van der Waals surface area contributed by atoms with Gasteiger partial charge in [-0.25, -0.2) is 0 Å². The van der Waals surface area contributed by atoms with Gasteiger partial charge >= 0.3 is 0 Å². The third kappa shape index (κ3) is 3.58. The minimum absolute atomic E-state index is 0.0252. The van der Waals surface area contributed by atoms with Crippen molar-refractivity contribution in [3.63, 3.8) is 0 Å². The summed E-state index contributed by atoms with van der Waals surface area (Å²) in [5, 5.41) is 3.72. The number of hydrogen-bond acceptors (Lipinski definition) is 4. The molecule has 0 unspecified atom stereocenters. The van der Waals surface area contributed by atoms with Crippen LogP contribution in [0.5, 0.6) is 0 Å². The highest BCUT2D eigenvalue weighted by atomic mass is 35.5. The molecule has 0 spiro atoms. The summed E-state index contributed by atoms with van der Waals surface area (Å²) in [5.41, 5.74) is 7.05. The van der Waals surface area contributed by atoms with Gasteiger partial charge in [-0.3, -0.25) is 24.6 Å². The van der Waals surface area contributed by atoms with Crippen LogP contribution in [0.4, 0.5) is 5.69 Å². The number of para-hydroxylation sites is 1. The van der Waals surface area contributed by atoms with Crippen molar-refractivity contribution in [2.45, 2.75) is 6.54 Å². The van der Waals surface area contributed by atoms with Crippen molar-refractivity contribution < 1.29 is 14.4 Å². The minimum atomic E-state index is -0.602. The second-order valence-electron chi connectivity index (χ2n) is 6.63. The maximum atomic E-state index is 13.2. The number of fused-ring (bicyclic) bond motifs is 1. The number of carbonyl (C=O) groups is 3. The van der Waals surface area contributed by atoms with E-state index in [9.17, 15) is 14.4 Å². The molecule has 150 valence electrons. The van der Waals surface area contributed by atoms with Crippen molar-refractivity contribution in [1.82, 2.24) is 9.88 Å². The van der Waals surface area contributed by atoms with E-state index in [-0.39, 0.29) is 17.2 Å². The summed E-state index contributed by atoms with van der Waals surface area (Å²) >= 11 is 11.2. The van der Waals surface area contributed by atoms with Crippen LogP contribution < -0.4 is 16.0 Å². The van der Waals surface area contributed by atoms with Gasteiger partial charge in [0.05, 0.1) is 5.69 Å². The first-order valence-electron chi connectivity index (χ1n) is 8.88. The highest BCUT2D eigenvalue weighted by molar-refractivity contribution is 7.80. The first-order valence-corrected chi connectivity index (χ1v) is 9.67.